The molecule has 1 amide bonds. The number of fused-ring (bicyclic) bond motifs is 1. The first-order valence-electron chi connectivity index (χ1n) is 10.0. The van der Waals surface area contributed by atoms with E-state index in [1.807, 2.05) is 24.3 Å². The van der Waals surface area contributed by atoms with Gasteiger partial charge < -0.3 is 30.6 Å². The lowest BCUT2D eigenvalue weighted by molar-refractivity contribution is -0.107. The lowest BCUT2D eigenvalue weighted by Crippen LogP contribution is -2.22. The van der Waals surface area contributed by atoms with E-state index in [4.69, 9.17) is 15.2 Å². The molecule has 0 bridgehead atoms. The summed E-state index contributed by atoms with van der Waals surface area (Å²) in [6.45, 7) is 3.15. The topological polar surface area (TPSA) is 116 Å². The number of nitrogens with two attached hydrogens (primary N) is 1. The number of rotatable bonds is 11. The molecule has 8 heteroatoms. The fraction of sp³-hybridized carbons (Fsp3) is 0.261. The zero-order chi connectivity index (χ0) is 22.2. The van der Waals surface area contributed by atoms with Crippen LogP contribution in [0.2, 0.25) is 0 Å². The molecule has 8 nitrogen and oxygen atoms in total. The van der Waals surface area contributed by atoms with E-state index in [0.29, 0.717) is 41.2 Å². The van der Waals surface area contributed by atoms with Gasteiger partial charge in [-0.3, -0.25) is 9.78 Å². The first-order chi connectivity index (χ1) is 15.1. The third kappa shape index (κ3) is 5.10. The number of aldehydes is 1. The van der Waals surface area contributed by atoms with E-state index in [9.17, 15) is 9.59 Å². The number of primary amides is 1. The molecule has 0 fully saturated rings. The van der Waals surface area contributed by atoms with Gasteiger partial charge in [-0.15, -0.1) is 0 Å². The van der Waals surface area contributed by atoms with Crippen LogP contribution in [-0.4, -0.2) is 44.0 Å². The molecule has 31 heavy (non-hydrogen) atoms. The number of aromatic nitrogens is 1. The Morgan fingerprint density at radius 1 is 1.23 bits per heavy atom. The second-order valence-corrected chi connectivity index (χ2v) is 6.79. The van der Waals surface area contributed by atoms with Gasteiger partial charge >= 0.3 is 0 Å². The number of hydrogen-bond donors (Lipinski definition) is 3. The number of ether oxygens (including phenoxy) is 2. The van der Waals surface area contributed by atoms with Crippen molar-refractivity contribution in [2.45, 2.75) is 13.3 Å². The third-order valence-electron chi connectivity index (χ3n) is 4.84. The second kappa shape index (κ2) is 10.4. The summed E-state index contributed by atoms with van der Waals surface area (Å²) in [5.74, 6) is 0.433. The monoisotopic (exact) mass is 422 g/mol. The van der Waals surface area contributed by atoms with Gasteiger partial charge in [-0.25, -0.2) is 0 Å². The van der Waals surface area contributed by atoms with Crippen LogP contribution in [0.5, 0.6) is 11.5 Å². The van der Waals surface area contributed by atoms with Crippen LogP contribution in [0.3, 0.4) is 0 Å². The molecule has 0 radical (unpaired) electrons. The van der Waals surface area contributed by atoms with Crippen LogP contribution in [0.4, 0.5) is 11.4 Å². The van der Waals surface area contributed by atoms with Crippen molar-refractivity contribution in [1.82, 2.24) is 10.3 Å². The van der Waals surface area contributed by atoms with Crippen molar-refractivity contribution < 1.29 is 19.1 Å². The SMILES string of the molecule is CCc1ccccc1Nc1c(C(N)=O)cnc2cc(OC)c(OCCNCC=O)cc12. The Kier molecular flexibility index (Phi) is 7.40. The minimum absolute atomic E-state index is 0.259. The van der Waals surface area contributed by atoms with Crippen LogP contribution in [0.25, 0.3) is 10.9 Å². The number of carbonyl (C=O) groups is 2. The van der Waals surface area contributed by atoms with Crippen molar-refractivity contribution >= 4 is 34.5 Å². The molecule has 0 saturated carbocycles. The van der Waals surface area contributed by atoms with Crippen LogP contribution in [0, 0.1) is 0 Å². The van der Waals surface area contributed by atoms with E-state index in [2.05, 4.69) is 22.5 Å². The highest BCUT2D eigenvalue weighted by atomic mass is 16.5. The highest BCUT2D eigenvalue weighted by Gasteiger charge is 2.17. The van der Waals surface area contributed by atoms with Gasteiger partial charge in [-0.05, 0) is 24.1 Å². The van der Waals surface area contributed by atoms with Gasteiger partial charge in [-0.1, -0.05) is 25.1 Å². The Bertz CT molecular complexity index is 1080. The van der Waals surface area contributed by atoms with Crippen molar-refractivity contribution in [3.8, 4) is 11.5 Å². The molecule has 2 aromatic carbocycles. The number of anilines is 2. The first-order valence-corrected chi connectivity index (χ1v) is 10.0. The standard InChI is InChI=1S/C23H26N4O4/c1-3-15-6-4-5-7-18(15)27-22-16-12-21(31-11-9-25-8-10-28)20(30-2)13-19(16)26-14-17(22)23(24)29/h4-7,10,12-14,25H,3,8-9,11H2,1-2H3,(H2,24,29)(H,26,27). The Labute approximate surface area is 180 Å². The average Bonchev–Trinajstić information content (AvgIpc) is 2.78. The molecule has 3 rings (SSSR count). The molecule has 0 atom stereocenters. The molecule has 0 spiro atoms. The maximum Gasteiger partial charge on any atom is 0.252 e. The van der Waals surface area contributed by atoms with E-state index >= 15 is 0 Å². The molecule has 0 aliphatic carbocycles. The number of benzene rings is 2. The normalized spacial score (nSPS) is 10.6. The lowest BCUT2D eigenvalue weighted by atomic mass is 10.1. The number of methoxy groups -OCH3 is 1. The number of hydrogen-bond acceptors (Lipinski definition) is 7. The molecule has 1 aromatic heterocycles. The average molecular weight is 422 g/mol. The van der Waals surface area contributed by atoms with E-state index < -0.39 is 5.91 Å². The Hall–Kier alpha value is -3.65. The molecule has 4 N–H and O–H groups in total. The van der Waals surface area contributed by atoms with Crippen LogP contribution < -0.4 is 25.8 Å². The molecule has 1 heterocycles. The largest absolute Gasteiger partial charge is 0.493 e. The summed E-state index contributed by atoms with van der Waals surface area (Å²) in [5, 5.41) is 7.00. The fourth-order valence-corrected chi connectivity index (χ4v) is 3.27. The zero-order valence-corrected chi connectivity index (χ0v) is 17.6. The van der Waals surface area contributed by atoms with Crippen molar-refractivity contribution in [3.05, 3.63) is 53.7 Å². The number of pyridine rings is 1. The van der Waals surface area contributed by atoms with E-state index in [1.165, 1.54) is 6.20 Å². The molecule has 0 aliphatic heterocycles. The summed E-state index contributed by atoms with van der Waals surface area (Å²) in [6, 6.07) is 11.4. The molecular formula is C23H26N4O4. The lowest BCUT2D eigenvalue weighted by Gasteiger charge is -2.17. The Morgan fingerprint density at radius 3 is 2.74 bits per heavy atom. The van der Waals surface area contributed by atoms with Crippen molar-refractivity contribution in [2.75, 3.05) is 32.1 Å². The van der Waals surface area contributed by atoms with Crippen molar-refractivity contribution in [3.63, 3.8) is 0 Å². The van der Waals surface area contributed by atoms with Gasteiger partial charge in [0.2, 0.25) is 0 Å². The summed E-state index contributed by atoms with van der Waals surface area (Å²) >= 11 is 0. The molecular weight excluding hydrogens is 396 g/mol. The number of carbonyl (C=O) groups excluding carboxylic acids is 2. The number of aryl methyl sites for hydroxylation is 1. The minimum Gasteiger partial charge on any atom is -0.493 e. The molecule has 162 valence electrons. The predicted octanol–water partition coefficient (Wildman–Crippen LogP) is 2.82. The zero-order valence-electron chi connectivity index (χ0n) is 17.6. The maximum atomic E-state index is 12.1. The van der Waals surface area contributed by atoms with Crippen LogP contribution in [-0.2, 0) is 11.2 Å². The molecule has 0 unspecified atom stereocenters. The van der Waals surface area contributed by atoms with Gasteiger partial charge in [-0.2, -0.15) is 0 Å². The number of nitrogens with one attached hydrogen (secondary N) is 2. The fourth-order valence-electron chi connectivity index (χ4n) is 3.27. The minimum atomic E-state index is -0.581. The Balaban J connectivity index is 2.07. The molecule has 3 aromatic rings. The van der Waals surface area contributed by atoms with Crippen molar-refractivity contribution in [2.24, 2.45) is 5.73 Å². The van der Waals surface area contributed by atoms with Gasteiger partial charge in [0.05, 0.1) is 30.4 Å². The summed E-state index contributed by atoms with van der Waals surface area (Å²) in [5.41, 5.74) is 9.10. The second-order valence-electron chi connectivity index (χ2n) is 6.79. The number of nitrogens with zero attached hydrogens (tertiary/aromatic N) is 1. The predicted molar refractivity (Wildman–Crippen MR) is 120 cm³/mol. The first kappa shape index (κ1) is 22.0. The highest BCUT2D eigenvalue weighted by Crippen LogP contribution is 2.37. The van der Waals surface area contributed by atoms with E-state index in [-0.39, 0.29) is 12.1 Å². The van der Waals surface area contributed by atoms with Crippen molar-refractivity contribution in [1.29, 1.82) is 0 Å². The molecule has 0 aliphatic rings. The van der Waals surface area contributed by atoms with Crippen LogP contribution in [0.1, 0.15) is 22.8 Å². The summed E-state index contributed by atoms with van der Waals surface area (Å²) in [6.07, 6.45) is 3.08. The number of amides is 1. The van der Waals surface area contributed by atoms with Gasteiger partial charge in [0.15, 0.2) is 11.5 Å². The van der Waals surface area contributed by atoms with Gasteiger partial charge in [0, 0.05) is 29.9 Å². The summed E-state index contributed by atoms with van der Waals surface area (Å²) in [4.78, 5) is 27.0. The van der Waals surface area contributed by atoms with Gasteiger partial charge in [0.25, 0.3) is 5.91 Å². The quantitative estimate of drug-likeness (QED) is 0.321. The maximum absolute atomic E-state index is 12.1. The smallest absolute Gasteiger partial charge is 0.252 e. The van der Waals surface area contributed by atoms with Gasteiger partial charge in [0.1, 0.15) is 12.9 Å². The highest BCUT2D eigenvalue weighted by molar-refractivity contribution is 6.08. The summed E-state index contributed by atoms with van der Waals surface area (Å²) in [7, 11) is 1.55. The van der Waals surface area contributed by atoms with E-state index in [0.717, 1.165) is 24.0 Å². The van der Waals surface area contributed by atoms with Crippen LogP contribution >= 0.6 is 0 Å². The summed E-state index contributed by atoms with van der Waals surface area (Å²) < 4.78 is 11.3. The molecule has 0 saturated heterocycles. The van der Waals surface area contributed by atoms with E-state index in [1.54, 1.807) is 19.2 Å². The van der Waals surface area contributed by atoms with Crippen LogP contribution in [0.15, 0.2) is 42.6 Å². The number of para-hydroxylation sites is 1. The third-order valence-corrected chi connectivity index (χ3v) is 4.84. The Morgan fingerprint density at radius 2 is 2.03 bits per heavy atom.